The van der Waals surface area contributed by atoms with Crippen LogP contribution in [0.4, 0.5) is 5.69 Å². The number of pyridine rings is 1. The summed E-state index contributed by atoms with van der Waals surface area (Å²) in [6, 6.07) is 3.57. The van der Waals surface area contributed by atoms with Crippen molar-refractivity contribution < 1.29 is 9.53 Å². The number of unbranched alkanes of at least 4 members (excludes halogenated alkanes) is 1. The Kier molecular flexibility index (Phi) is 6.19. The van der Waals surface area contributed by atoms with Gasteiger partial charge in [0.2, 0.25) is 0 Å². The molecule has 0 atom stereocenters. The van der Waals surface area contributed by atoms with Crippen molar-refractivity contribution in [3.8, 4) is 0 Å². The van der Waals surface area contributed by atoms with Gasteiger partial charge in [0.05, 0.1) is 7.11 Å². The number of carbonyl (C=O) groups is 1. The quantitative estimate of drug-likeness (QED) is 0.596. The average Bonchev–Trinajstić information content (AvgIpc) is 2.37. The number of carbonyl (C=O) groups excluding carboxylic acids is 1. The van der Waals surface area contributed by atoms with E-state index in [1.807, 2.05) is 6.07 Å². The number of nitrogens with one attached hydrogen (secondary N) is 1. The molecule has 1 aromatic rings. The van der Waals surface area contributed by atoms with E-state index in [0.717, 1.165) is 24.6 Å². The van der Waals surface area contributed by atoms with Gasteiger partial charge in [-0.2, -0.15) is 0 Å². The van der Waals surface area contributed by atoms with E-state index in [-0.39, 0.29) is 0 Å². The summed E-state index contributed by atoms with van der Waals surface area (Å²) in [6.07, 6.45) is 5.22. The van der Waals surface area contributed by atoms with Crippen LogP contribution in [0.1, 0.15) is 43.6 Å². The molecule has 0 aliphatic carbocycles. The highest BCUT2D eigenvalue weighted by atomic mass is 16.5. The number of nitrogens with zero attached hydrogens (tertiary/aromatic N) is 1. The van der Waals surface area contributed by atoms with Crippen molar-refractivity contribution in [2.45, 2.75) is 33.1 Å². The maximum absolute atomic E-state index is 11.3. The van der Waals surface area contributed by atoms with Crippen LogP contribution in [0, 0.1) is 5.92 Å². The second-order valence-corrected chi connectivity index (χ2v) is 4.74. The van der Waals surface area contributed by atoms with Crippen LogP contribution in [0.15, 0.2) is 18.3 Å². The minimum Gasteiger partial charge on any atom is -0.464 e. The highest BCUT2D eigenvalue weighted by Gasteiger charge is 2.06. The first-order chi connectivity index (χ1) is 8.63. The number of ether oxygens (including phenoxy) is 1. The SMILES string of the molecule is COC(=O)c1cc(NCCCCC(C)C)ccn1. The maximum Gasteiger partial charge on any atom is 0.356 e. The largest absolute Gasteiger partial charge is 0.464 e. The molecule has 0 saturated carbocycles. The number of hydrogen-bond acceptors (Lipinski definition) is 4. The van der Waals surface area contributed by atoms with Crippen molar-refractivity contribution in [1.82, 2.24) is 4.98 Å². The van der Waals surface area contributed by atoms with Gasteiger partial charge in [0.1, 0.15) is 5.69 Å². The normalized spacial score (nSPS) is 10.4. The van der Waals surface area contributed by atoms with Crippen LogP contribution in [-0.2, 0) is 4.74 Å². The first-order valence-electron chi connectivity index (χ1n) is 6.41. The van der Waals surface area contributed by atoms with Gasteiger partial charge in [0, 0.05) is 18.4 Å². The van der Waals surface area contributed by atoms with Crippen molar-refractivity contribution >= 4 is 11.7 Å². The Morgan fingerprint density at radius 2 is 2.22 bits per heavy atom. The number of aromatic nitrogens is 1. The van der Waals surface area contributed by atoms with Crippen LogP contribution >= 0.6 is 0 Å². The van der Waals surface area contributed by atoms with E-state index in [1.54, 1.807) is 12.3 Å². The molecule has 4 heteroatoms. The Hall–Kier alpha value is -1.58. The van der Waals surface area contributed by atoms with Gasteiger partial charge in [0.15, 0.2) is 0 Å². The van der Waals surface area contributed by atoms with Gasteiger partial charge < -0.3 is 10.1 Å². The topological polar surface area (TPSA) is 51.2 Å². The zero-order chi connectivity index (χ0) is 13.4. The Balaban J connectivity index is 2.36. The Bertz CT molecular complexity index is 378. The van der Waals surface area contributed by atoms with Crippen molar-refractivity contribution in [3.05, 3.63) is 24.0 Å². The summed E-state index contributed by atoms with van der Waals surface area (Å²) in [5.74, 6) is 0.357. The van der Waals surface area contributed by atoms with Crippen molar-refractivity contribution in [1.29, 1.82) is 0 Å². The number of anilines is 1. The number of rotatable bonds is 7. The third-order valence-electron chi connectivity index (χ3n) is 2.69. The van der Waals surface area contributed by atoms with Crippen molar-refractivity contribution in [3.63, 3.8) is 0 Å². The van der Waals surface area contributed by atoms with Crippen molar-refractivity contribution in [2.75, 3.05) is 19.0 Å². The molecule has 1 rings (SSSR count). The van der Waals surface area contributed by atoms with Gasteiger partial charge in [-0.15, -0.1) is 0 Å². The average molecular weight is 250 g/mol. The smallest absolute Gasteiger partial charge is 0.356 e. The third kappa shape index (κ3) is 5.17. The predicted molar refractivity (Wildman–Crippen MR) is 72.8 cm³/mol. The first-order valence-corrected chi connectivity index (χ1v) is 6.41. The molecule has 0 aliphatic rings. The monoisotopic (exact) mass is 250 g/mol. The first kappa shape index (κ1) is 14.5. The fourth-order valence-electron chi connectivity index (χ4n) is 1.67. The molecule has 0 aromatic carbocycles. The second kappa shape index (κ2) is 7.69. The molecular weight excluding hydrogens is 228 g/mol. The molecule has 0 amide bonds. The van der Waals surface area contributed by atoms with Crippen LogP contribution in [0.2, 0.25) is 0 Å². The molecule has 1 heterocycles. The lowest BCUT2D eigenvalue weighted by molar-refractivity contribution is 0.0594. The number of hydrogen-bond donors (Lipinski definition) is 1. The zero-order valence-electron chi connectivity index (χ0n) is 11.4. The molecule has 0 bridgehead atoms. The Morgan fingerprint density at radius 1 is 1.44 bits per heavy atom. The molecular formula is C14H22N2O2. The van der Waals surface area contributed by atoms with Crippen LogP contribution in [0.5, 0.6) is 0 Å². The van der Waals surface area contributed by atoms with Gasteiger partial charge in [-0.25, -0.2) is 9.78 Å². The molecule has 0 aliphatic heterocycles. The van der Waals surface area contributed by atoms with E-state index in [1.165, 1.54) is 20.0 Å². The maximum atomic E-state index is 11.3. The fourth-order valence-corrected chi connectivity index (χ4v) is 1.67. The lowest BCUT2D eigenvalue weighted by Gasteiger charge is -2.08. The van der Waals surface area contributed by atoms with Crippen LogP contribution in [-0.4, -0.2) is 24.6 Å². The second-order valence-electron chi connectivity index (χ2n) is 4.74. The molecule has 0 saturated heterocycles. The Morgan fingerprint density at radius 3 is 2.89 bits per heavy atom. The molecule has 4 nitrogen and oxygen atoms in total. The van der Waals surface area contributed by atoms with Crippen LogP contribution < -0.4 is 5.32 Å². The van der Waals surface area contributed by atoms with Gasteiger partial charge in [-0.1, -0.05) is 26.7 Å². The van der Waals surface area contributed by atoms with Gasteiger partial charge in [0.25, 0.3) is 0 Å². The zero-order valence-corrected chi connectivity index (χ0v) is 11.4. The third-order valence-corrected chi connectivity index (χ3v) is 2.69. The van der Waals surface area contributed by atoms with E-state index in [0.29, 0.717) is 5.69 Å². The van der Waals surface area contributed by atoms with Crippen LogP contribution in [0.3, 0.4) is 0 Å². The van der Waals surface area contributed by atoms with Crippen LogP contribution in [0.25, 0.3) is 0 Å². The molecule has 0 spiro atoms. The highest BCUT2D eigenvalue weighted by Crippen LogP contribution is 2.10. The molecule has 1 N–H and O–H groups in total. The number of esters is 1. The van der Waals surface area contributed by atoms with E-state index < -0.39 is 5.97 Å². The summed E-state index contributed by atoms with van der Waals surface area (Å²) in [5, 5.41) is 3.29. The summed E-state index contributed by atoms with van der Waals surface area (Å²) in [5.41, 5.74) is 1.25. The van der Waals surface area contributed by atoms with Gasteiger partial charge in [-0.3, -0.25) is 0 Å². The Labute approximate surface area is 109 Å². The lowest BCUT2D eigenvalue weighted by Crippen LogP contribution is -2.07. The standard InChI is InChI=1S/C14H22N2O2/c1-11(2)6-4-5-8-15-12-7-9-16-13(10-12)14(17)18-3/h7,9-11H,4-6,8H2,1-3H3,(H,15,16). The molecule has 18 heavy (non-hydrogen) atoms. The van der Waals surface area contributed by atoms with Gasteiger partial charge in [-0.05, 0) is 24.5 Å². The molecule has 100 valence electrons. The van der Waals surface area contributed by atoms with E-state index in [9.17, 15) is 4.79 Å². The lowest BCUT2D eigenvalue weighted by atomic mass is 10.1. The minimum atomic E-state index is -0.404. The molecule has 0 unspecified atom stereocenters. The fraction of sp³-hybridized carbons (Fsp3) is 0.571. The summed E-state index contributed by atoms with van der Waals surface area (Å²) in [4.78, 5) is 15.3. The highest BCUT2D eigenvalue weighted by molar-refractivity contribution is 5.88. The molecule has 1 aromatic heterocycles. The summed E-state index contributed by atoms with van der Waals surface area (Å²) in [6.45, 7) is 5.38. The molecule has 0 radical (unpaired) electrons. The van der Waals surface area contributed by atoms with Gasteiger partial charge >= 0.3 is 5.97 Å². The van der Waals surface area contributed by atoms with E-state index >= 15 is 0 Å². The summed E-state index contributed by atoms with van der Waals surface area (Å²) < 4.78 is 4.63. The summed E-state index contributed by atoms with van der Waals surface area (Å²) >= 11 is 0. The van der Waals surface area contributed by atoms with Crippen molar-refractivity contribution in [2.24, 2.45) is 5.92 Å². The predicted octanol–water partition coefficient (Wildman–Crippen LogP) is 3.11. The summed E-state index contributed by atoms with van der Waals surface area (Å²) in [7, 11) is 1.36. The molecule has 0 fully saturated rings. The minimum absolute atomic E-state index is 0.338. The van der Waals surface area contributed by atoms with E-state index in [2.05, 4.69) is 28.9 Å². The number of methoxy groups -OCH3 is 1. The van der Waals surface area contributed by atoms with E-state index in [4.69, 9.17) is 0 Å².